The predicted octanol–water partition coefficient (Wildman–Crippen LogP) is 7.94. The molecule has 0 spiro atoms. The van der Waals surface area contributed by atoms with Crippen LogP contribution in [0.25, 0.3) is 43.8 Å². The Kier molecular flexibility index (Phi) is 16.9. The molecular formula is C48H60Cl2Si2Zr-2. The molecule has 0 N–H and O–H groups in total. The van der Waals surface area contributed by atoms with Gasteiger partial charge in [0.1, 0.15) is 0 Å². The average molecular weight is 855 g/mol. The van der Waals surface area contributed by atoms with E-state index in [9.17, 15) is 0 Å². The second-order valence-electron chi connectivity index (χ2n) is 17.2. The quantitative estimate of drug-likeness (QED) is 0.122. The molecule has 0 aromatic heterocycles. The van der Waals surface area contributed by atoms with Crippen LogP contribution < -0.4 is 30.0 Å². The number of hydrogen-bond acceptors (Lipinski definition) is 0. The summed E-state index contributed by atoms with van der Waals surface area (Å²) < 4.78 is 0. The Labute approximate surface area is 350 Å². The van der Waals surface area contributed by atoms with E-state index in [-0.39, 0.29) is 35.7 Å². The van der Waals surface area contributed by atoms with Crippen LogP contribution in [0.1, 0.15) is 82.9 Å². The second-order valence-corrected chi connectivity index (χ2v) is 31.7. The fraction of sp³-hybridized carbons (Fsp3) is 0.375. The van der Waals surface area contributed by atoms with Crippen LogP contribution in [-0.2, 0) is 35.2 Å². The Hall–Kier alpha value is -2.00. The van der Waals surface area contributed by atoms with Gasteiger partial charge in [-0.25, -0.2) is 0 Å². The first-order valence-corrected chi connectivity index (χ1v) is 28.9. The Morgan fingerprint density at radius 3 is 1.64 bits per heavy atom. The minimum absolute atomic E-state index is 0. The Balaban J connectivity index is 0.000000255. The van der Waals surface area contributed by atoms with Crippen LogP contribution in [0.3, 0.4) is 0 Å². The van der Waals surface area contributed by atoms with Crippen molar-refractivity contribution in [2.45, 2.75) is 111 Å². The number of aryl methyl sites for hydroxylation is 1. The van der Waals surface area contributed by atoms with Gasteiger partial charge in [0.05, 0.1) is 8.07 Å². The molecule has 1 aliphatic rings. The summed E-state index contributed by atoms with van der Waals surface area (Å²) in [7, 11) is -1.21. The second kappa shape index (κ2) is 19.7. The first kappa shape index (κ1) is 45.4. The number of rotatable bonds is 5. The van der Waals surface area contributed by atoms with Crippen molar-refractivity contribution in [2.75, 3.05) is 0 Å². The number of fused-ring (bicyclic) bond motifs is 2. The summed E-state index contributed by atoms with van der Waals surface area (Å²) in [4.78, 5) is 0. The SMILES string of the molecule is CC1CCC(c2cc3c(-c4ccc(C(C)(C)C)cc4)cccc3[cH-]2)CC1.CCc1cc2c(-c3ccc([Si](C)(C)C)cc3)cccc2[cH-]1.C[Si](C)=[Zr+2].[Cl-].[Cl-]. The van der Waals surface area contributed by atoms with Gasteiger partial charge in [-0.2, -0.15) is 12.1 Å². The molecule has 0 atom stereocenters. The van der Waals surface area contributed by atoms with Gasteiger partial charge in [-0.15, -0.1) is 69.1 Å². The minimum atomic E-state index is -1.21. The van der Waals surface area contributed by atoms with E-state index >= 15 is 0 Å². The van der Waals surface area contributed by atoms with Gasteiger partial charge in [0, 0.05) is 0 Å². The van der Waals surface area contributed by atoms with Crippen LogP contribution >= 0.6 is 0 Å². The number of halogens is 2. The van der Waals surface area contributed by atoms with E-state index in [4.69, 9.17) is 0 Å². The van der Waals surface area contributed by atoms with Crippen molar-refractivity contribution in [3.05, 3.63) is 126 Å². The van der Waals surface area contributed by atoms with Crippen molar-refractivity contribution in [1.29, 1.82) is 0 Å². The Bertz CT molecular complexity index is 2040. The van der Waals surface area contributed by atoms with Crippen molar-refractivity contribution in [1.82, 2.24) is 0 Å². The van der Waals surface area contributed by atoms with E-state index in [0.29, 0.717) is 0 Å². The Morgan fingerprint density at radius 2 is 1.17 bits per heavy atom. The van der Waals surface area contributed by atoms with Crippen LogP contribution in [0.5, 0.6) is 0 Å². The molecule has 0 bridgehead atoms. The zero-order chi connectivity index (χ0) is 36.9. The first-order valence-electron chi connectivity index (χ1n) is 19.2. The van der Waals surface area contributed by atoms with Crippen LogP contribution in [0.4, 0.5) is 0 Å². The van der Waals surface area contributed by atoms with Gasteiger partial charge in [0.25, 0.3) is 0 Å². The molecule has 0 radical (unpaired) electrons. The molecule has 1 fully saturated rings. The van der Waals surface area contributed by atoms with E-state index in [1.807, 2.05) is 0 Å². The van der Waals surface area contributed by atoms with E-state index < -0.39 is 8.07 Å². The molecular weight excluding hydrogens is 795 g/mol. The maximum Gasteiger partial charge on any atom is -1.00 e. The summed E-state index contributed by atoms with van der Waals surface area (Å²) in [5.41, 5.74) is 10.2. The van der Waals surface area contributed by atoms with Gasteiger partial charge in [-0.1, -0.05) is 144 Å². The maximum atomic E-state index is 2.48. The third kappa shape index (κ3) is 12.0. The van der Waals surface area contributed by atoms with E-state index in [1.165, 1.54) is 85.8 Å². The fourth-order valence-corrected chi connectivity index (χ4v) is 8.56. The monoisotopic (exact) mass is 852 g/mol. The molecule has 5 heteroatoms. The van der Waals surface area contributed by atoms with Crippen LogP contribution in [0.2, 0.25) is 32.7 Å². The standard InChI is InChI=1S/C26H31.C20H23Si.C2H6Si.2ClH.Zr/c1-18-8-10-19(11-9-18)22-16-21-6-5-7-24(25(21)17-22)20-12-14-23(15-13-20)26(2,3)4;1-5-15-13-17-7-6-8-19(20(17)14-15)16-9-11-18(12-10-16)21(2,3)4;1-3-2;;;/h5-7,12-19H,8-11H2,1-4H3;6-14H,5H2,1-4H3;1-2H3;2*1H;/q2*-1;;;;+2/p-2. The largest absolute Gasteiger partial charge is 1.00 e. The normalized spacial score (nSPS) is 15.7. The summed E-state index contributed by atoms with van der Waals surface area (Å²) in [6.45, 7) is 23.2. The summed E-state index contributed by atoms with van der Waals surface area (Å²) in [5, 5.41) is 7.09. The van der Waals surface area contributed by atoms with Crippen LogP contribution in [0.15, 0.2) is 109 Å². The molecule has 0 saturated heterocycles. The third-order valence-corrected chi connectivity index (χ3v) is 12.7. The summed E-state index contributed by atoms with van der Waals surface area (Å²) in [6.07, 6.45) is 6.57. The molecule has 0 amide bonds. The van der Waals surface area contributed by atoms with Gasteiger partial charge < -0.3 is 24.8 Å². The fourth-order valence-electron chi connectivity index (χ4n) is 7.39. The van der Waals surface area contributed by atoms with Gasteiger partial charge in [0.2, 0.25) is 0 Å². The van der Waals surface area contributed by atoms with Gasteiger partial charge >= 0.3 is 41.9 Å². The zero-order valence-electron chi connectivity index (χ0n) is 33.8. The van der Waals surface area contributed by atoms with E-state index in [0.717, 1.165) is 18.3 Å². The molecule has 6 aromatic carbocycles. The minimum Gasteiger partial charge on any atom is -1.00 e. The number of hydrogen-bond donors (Lipinski definition) is 0. The predicted molar refractivity (Wildman–Crippen MR) is 229 cm³/mol. The zero-order valence-corrected chi connectivity index (χ0v) is 39.8. The average Bonchev–Trinajstić information content (AvgIpc) is 3.73. The maximum absolute atomic E-state index is 2.48. The Morgan fingerprint density at radius 1 is 0.698 bits per heavy atom. The van der Waals surface area contributed by atoms with Crippen molar-refractivity contribution >= 4 is 40.2 Å². The molecule has 53 heavy (non-hydrogen) atoms. The molecule has 0 heterocycles. The third-order valence-electron chi connectivity index (χ3n) is 10.6. The number of benzene rings is 4. The van der Waals surface area contributed by atoms with E-state index in [1.54, 1.807) is 28.9 Å². The van der Waals surface area contributed by atoms with E-state index in [2.05, 4.69) is 177 Å². The first-order chi connectivity index (χ1) is 24.1. The molecule has 1 saturated carbocycles. The van der Waals surface area contributed by atoms with Crippen molar-refractivity contribution in [3.63, 3.8) is 0 Å². The molecule has 0 unspecified atom stereocenters. The molecule has 6 aromatic rings. The van der Waals surface area contributed by atoms with Gasteiger partial charge in [-0.05, 0) is 53.2 Å². The molecule has 1 aliphatic carbocycles. The summed E-state index contributed by atoms with van der Waals surface area (Å²) in [5.74, 6) is 1.67. The molecule has 0 nitrogen and oxygen atoms in total. The van der Waals surface area contributed by atoms with Crippen molar-refractivity contribution in [2.24, 2.45) is 5.92 Å². The van der Waals surface area contributed by atoms with Crippen LogP contribution in [0, 0.1) is 5.92 Å². The summed E-state index contributed by atoms with van der Waals surface area (Å²) in [6, 6.07) is 41.4. The molecule has 0 aliphatic heterocycles. The topological polar surface area (TPSA) is 0 Å². The van der Waals surface area contributed by atoms with Crippen molar-refractivity contribution in [3.8, 4) is 22.3 Å². The van der Waals surface area contributed by atoms with Gasteiger partial charge in [-0.3, -0.25) is 0 Å². The van der Waals surface area contributed by atoms with Crippen molar-refractivity contribution < 1.29 is 48.1 Å². The smallest absolute Gasteiger partial charge is 1.00 e. The van der Waals surface area contributed by atoms with Gasteiger partial charge in [0.15, 0.2) is 0 Å². The molecule has 7 rings (SSSR count). The summed E-state index contributed by atoms with van der Waals surface area (Å²) >= 11 is 1.74. The van der Waals surface area contributed by atoms with Crippen LogP contribution in [-0.4, -0.2) is 13.5 Å². The molecule has 280 valence electrons.